The lowest BCUT2D eigenvalue weighted by Crippen LogP contribution is -2.45. The maximum Gasteiger partial charge on any atom is 0.317 e. The van der Waals surface area contributed by atoms with Crippen molar-refractivity contribution in [1.82, 2.24) is 10.2 Å². The first-order valence-electron chi connectivity index (χ1n) is 8.24. The van der Waals surface area contributed by atoms with Crippen LogP contribution in [0.4, 0.5) is 4.79 Å². The van der Waals surface area contributed by atoms with Crippen LogP contribution in [0.3, 0.4) is 0 Å². The first kappa shape index (κ1) is 16.1. The molecule has 0 spiro atoms. The minimum absolute atomic E-state index is 0.0616. The van der Waals surface area contributed by atoms with E-state index in [1.165, 1.54) is 0 Å². The molecule has 0 atom stereocenters. The average Bonchev–Trinajstić information content (AvgIpc) is 3.27. The number of carboxylic acids is 1. The van der Waals surface area contributed by atoms with E-state index in [4.69, 9.17) is 5.11 Å². The lowest BCUT2D eigenvalue weighted by molar-refractivity contribution is -0.143. The minimum Gasteiger partial charge on any atom is -0.481 e. The summed E-state index contributed by atoms with van der Waals surface area (Å²) in [6.07, 6.45) is 5.56. The van der Waals surface area contributed by atoms with Gasteiger partial charge < -0.3 is 15.3 Å². The third-order valence-corrected chi connectivity index (χ3v) is 4.55. The Bertz CT molecular complexity index is 372. The molecule has 2 aliphatic rings. The van der Waals surface area contributed by atoms with E-state index in [0.717, 1.165) is 45.1 Å². The Kier molecular flexibility index (Phi) is 5.48. The van der Waals surface area contributed by atoms with Crippen molar-refractivity contribution in [3.63, 3.8) is 0 Å². The smallest absolute Gasteiger partial charge is 0.317 e. The molecule has 0 heterocycles. The monoisotopic (exact) mass is 296 g/mol. The van der Waals surface area contributed by atoms with Crippen molar-refractivity contribution in [2.45, 2.75) is 58.4 Å². The fourth-order valence-corrected chi connectivity index (χ4v) is 3.12. The van der Waals surface area contributed by atoms with E-state index in [1.54, 1.807) is 0 Å². The van der Waals surface area contributed by atoms with E-state index in [-0.39, 0.29) is 11.9 Å². The van der Waals surface area contributed by atoms with Crippen molar-refractivity contribution in [3.8, 4) is 0 Å². The largest absolute Gasteiger partial charge is 0.481 e. The van der Waals surface area contributed by atoms with Crippen LogP contribution >= 0.6 is 0 Å². The molecule has 5 nitrogen and oxygen atoms in total. The maximum absolute atomic E-state index is 12.3. The number of urea groups is 1. The summed E-state index contributed by atoms with van der Waals surface area (Å²) in [4.78, 5) is 25.2. The van der Waals surface area contributed by atoms with Crippen molar-refractivity contribution < 1.29 is 14.7 Å². The van der Waals surface area contributed by atoms with Crippen LogP contribution in [0.15, 0.2) is 0 Å². The van der Waals surface area contributed by atoms with Gasteiger partial charge in [-0.1, -0.05) is 13.8 Å². The van der Waals surface area contributed by atoms with Crippen molar-refractivity contribution in [2.75, 3.05) is 13.1 Å². The Morgan fingerprint density at radius 3 is 2.24 bits per heavy atom. The van der Waals surface area contributed by atoms with E-state index in [2.05, 4.69) is 19.2 Å². The van der Waals surface area contributed by atoms with Gasteiger partial charge in [-0.2, -0.15) is 0 Å². The molecule has 5 heteroatoms. The highest BCUT2D eigenvalue weighted by atomic mass is 16.4. The van der Waals surface area contributed by atoms with Gasteiger partial charge >= 0.3 is 12.0 Å². The van der Waals surface area contributed by atoms with Gasteiger partial charge in [-0.15, -0.1) is 0 Å². The fraction of sp³-hybridized carbons (Fsp3) is 0.875. The van der Waals surface area contributed by atoms with Gasteiger partial charge in [0.25, 0.3) is 0 Å². The summed E-state index contributed by atoms with van der Waals surface area (Å²) in [6.45, 7) is 5.78. The Morgan fingerprint density at radius 2 is 1.76 bits per heavy atom. The summed E-state index contributed by atoms with van der Waals surface area (Å²) in [5.41, 5.74) is 0. The maximum atomic E-state index is 12.3. The number of aliphatic carboxylic acids is 1. The second kappa shape index (κ2) is 7.14. The zero-order valence-corrected chi connectivity index (χ0v) is 13.2. The van der Waals surface area contributed by atoms with E-state index < -0.39 is 5.97 Å². The number of carboxylic acid groups (broad SMARTS) is 1. The second-order valence-corrected chi connectivity index (χ2v) is 7.02. The minimum atomic E-state index is -0.672. The fourth-order valence-electron chi connectivity index (χ4n) is 3.12. The molecule has 2 N–H and O–H groups in total. The Labute approximate surface area is 127 Å². The van der Waals surface area contributed by atoms with Crippen LogP contribution in [0, 0.1) is 17.8 Å². The molecular formula is C16H28N2O3. The predicted molar refractivity (Wildman–Crippen MR) is 81.0 cm³/mol. The molecule has 120 valence electrons. The van der Waals surface area contributed by atoms with Gasteiger partial charge in [0.05, 0.1) is 5.92 Å². The summed E-state index contributed by atoms with van der Waals surface area (Å²) < 4.78 is 0. The summed E-state index contributed by atoms with van der Waals surface area (Å²) in [7, 11) is 0. The molecule has 0 aromatic carbocycles. The highest BCUT2D eigenvalue weighted by Gasteiger charge is 2.33. The van der Waals surface area contributed by atoms with E-state index >= 15 is 0 Å². The quantitative estimate of drug-likeness (QED) is 0.791. The highest BCUT2D eigenvalue weighted by Crippen LogP contribution is 2.29. The van der Waals surface area contributed by atoms with Gasteiger partial charge in [0.1, 0.15) is 0 Å². The van der Waals surface area contributed by atoms with Crippen molar-refractivity contribution >= 4 is 12.0 Å². The van der Waals surface area contributed by atoms with E-state index in [9.17, 15) is 9.59 Å². The molecule has 21 heavy (non-hydrogen) atoms. The van der Waals surface area contributed by atoms with Gasteiger partial charge in [-0.3, -0.25) is 4.79 Å². The number of hydrogen-bond acceptors (Lipinski definition) is 2. The third kappa shape index (κ3) is 4.90. The van der Waals surface area contributed by atoms with Gasteiger partial charge in [0, 0.05) is 19.1 Å². The van der Waals surface area contributed by atoms with Crippen LogP contribution in [0.25, 0.3) is 0 Å². The van der Waals surface area contributed by atoms with E-state index in [0.29, 0.717) is 24.4 Å². The molecule has 0 aliphatic heterocycles. The number of carbonyl (C=O) groups is 2. The number of nitrogens with zero attached hydrogens (tertiary/aromatic N) is 1. The lowest BCUT2D eigenvalue weighted by atomic mass is 9.82. The Balaban J connectivity index is 1.72. The number of carbonyl (C=O) groups excluding carboxylic acids is 1. The first-order chi connectivity index (χ1) is 9.97. The molecule has 0 aromatic heterocycles. The van der Waals surface area contributed by atoms with Crippen LogP contribution in [-0.2, 0) is 4.79 Å². The number of rotatable bonds is 6. The molecule has 2 saturated carbocycles. The Morgan fingerprint density at radius 1 is 1.14 bits per heavy atom. The summed E-state index contributed by atoms with van der Waals surface area (Å²) >= 11 is 0. The highest BCUT2D eigenvalue weighted by molar-refractivity contribution is 5.75. The van der Waals surface area contributed by atoms with Crippen LogP contribution in [0.1, 0.15) is 52.4 Å². The molecular weight excluding hydrogens is 268 g/mol. The topological polar surface area (TPSA) is 69.6 Å². The molecule has 0 bridgehead atoms. The van der Waals surface area contributed by atoms with Gasteiger partial charge in [0.15, 0.2) is 0 Å². The average molecular weight is 296 g/mol. The van der Waals surface area contributed by atoms with Crippen LogP contribution < -0.4 is 5.32 Å². The predicted octanol–water partition coefficient (Wildman–Crippen LogP) is 2.71. The first-order valence-corrected chi connectivity index (χ1v) is 8.24. The summed E-state index contributed by atoms with van der Waals surface area (Å²) in [5.74, 6) is 0.0715. The number of amides is 2. The van der Waals surface area contributed by atoms with Gasteiger partial charge in [0.2, 0.25) is 0 Å². The zero-order valence-electron chi connectivity index (χ0n) is 13.2. The molecule has 0 saturated heterocycles. The molecule has 2 amide bonds. The van der Waals surface area contributed by atoms with Crippen molar-refractivity contribution in [3.05, 3.63) is 0 Å². The SMILES string of the molecule is CC(C)CN(C(=O)NCC1CCC(C(=O)O)CC1)C1CC1. The summed E-state index contributed by atoms with van der Waals surface area (Å²) in [6, 6.07) is 0.502. The van der Waals surface area contributed by atoms with Crippen molar-refractivity contribution in [1.29, 1.82) is 0 Å². The van der Waals surface area contributed by atoms with E-state index in [1.807, 2.05) is 4.90 Å². The van der Waals surface area contributed by atoms with Gasteiger partial charge in [-0.05, 0) is 50.4 Å². The molecule has 2 aliphatic carbocycles. The van der Waals surface area contributed by atoms with Gasteiger partial charge in [-0.25, -0.2) is 4.79 Å². The Hall–Kier alpha value is -1.26. The van der Waals surface area contributed by atoms with Crippen LogP contribution in [0.2, 0.25) is 0 Å². The summed E-state index contributed by atoms with van der Waals surface area (Å²) in [5, 5.41) is 12.1. The molecule has 2 rings (SSSR count). The lowest BCUT2D eigenvalue weighted by Gasteiger charge is -2.29. The van der Waals surface area contributed by atoms with Crippen LogP contribution in [0.5, 0.6) is 0 Å². The standard InChI is InChI=1S/C16H28N2O3/c1-11(2)10-18(14-7-8-14)16(21)17-9-12-3-5-13(6-4-12)15(19)20/h11-14H,3-10H2,1-2H3,(H,17,21)(H,19,20). The van der Waals surface area contributed by atoms with Crippen LogP contribution in [-0.4, -0.2) is 41.1 Å². The molecule has 2 fully saturated rings. The third-order valence-electron chi connectivity index (χ3n) is 4.55. The molecule has 0 radical (unpaired) electrons. The second-order valence-electron chi connectivity index (χ2n) is 7.02. The molecule has 0 aromatic rings. The number of hydrogen-bond donors (Lipinski definition) is 2. The van der Waals surface area contributed by atoms with Crippen molar-refractivity contribution in [2.24, 2.45) is 17.8 Å². The zero-order chi connectivity index (χ0) is 15.4. The normalized spacial score (nSPS) is 25.7. The number of nitrogens with one attached hydrogen (secondary N) is 1. The molecule has 0 unspecified atom stereocenters.